The highest BCUT2D eigenvalue weighted by Gasteiger charge is 2.36. The molecule has 0 aromatic heterocycles. The van der Waals surface area contributed by atoms with Gasteiger partial charge < -0.3 is 19.9 Å². The molecule has 1 heterocycles. The summed E-state index contributed by atoms with van der Waals surface area (Å²) in [7, 11) is 1.58. The molecule has 2 amide bonds. The highest BCUT2D eigenvalue weighted by molar-refractivity contribution is 5.91. The van der Waals surface area contributed by atoms with Crippen LogP contribution in [0, 0.1) is 6.92 Å². The van der Waals surface area contributed by atoms with Crippen molar-refractivity contribution in [3.05, 3.63) is 35.4 Å². The molecule has 1 aliphatic rings. The second-order valence-electron chi connectivity index (χ2n) is 8.91. The molecule has 7 heteroatoms. The molecule has 2 atom stereocenters. The Hall–Kier alpha value is -2.41. The number of carbonyl (C=O) groups excluding carboxylic acids is 3. The summed E-state index contributed by atoms with van der Waals surface area (Å²) in [6, 6.07) is 7.02. The van der Waals surface area contributed by atoms with Crippen molar-refractivity contribution < 1.29 is 19.1 Å². The van der Waals surface area contributed by atoms with Crippen LogP contribution in [-0.2, 0) is 25.5 Å². The molecule has 1 fully saturated rings. The predicted octanol–water partition coefficient (Wildman–Crippen LogP) is 1.92. The summed E-state index contributed by atoms with van der Waals surface area (Å²) < 4.78 is 5.35. The number of benzene rings is 1. The zero-order valence-corrected chi connectivity index (χ0v) is 19.0. The number of hydrogen-bond donors (Lipinski definition) is 1. The van der Waals surface area contributed by atoms with Gasteiger partial charge in [-0.3, -0.25) is 14.4 Å². The van der Waals surface area contributed by atoms with E-state index in [9.17, 15) is 14.4 Å². The van der Waals surface area contributed by atoms with E-state index >= 15 is 0 Å². The van der Waals surface area contributed by atoms with Crippen LogP contribution in [0.4, 0.5) is 0 Å². The van der Waals surface area contributed by atoms with Crippen LogP contribution < -0.4 is 5.32 Å². The van der Waals surface area contributed by atoms with Gasteiger partial charge in [0.05, 0.1) is 6.04 Å². The Morgan fingerprint density at radius 1 is 1.20 bits per heavy atom. The third-order valence-electron chi connectivity index (χ3n) is 5.12. The minimum Gasteiger partial charge on any atom is -0.459 e. The molecule has 1 saturated heterocycles. The maximum atomic E-state index is 13.4. The van der Waals surface area contributed by atoms with E-state index in [1.165, 1.54) is 4.90 Å². The number of likely N-dealkylation sites (N-methyl/N-ethyl adjacent to an activating group) is 2. The first-order chi connectivity index (χ1) is 14.0. The first-order valence-electron chi connectivity index (χ1n) is 10.6. The molecular weight excluding hydrogens is 382 g/mol. The van der Waals surface area contributed by atoms with Gasteiger partial charge in [-0.2, -0.15) is 0 Å². The van der Waals surface area contributed by atoms with Crippen molar-refractivity contribution in [2.24, 2.45) is 0 Å². The van der Waals surface area contributed by atoms with E-state index in [4.69, 9.17) is 4.74 Å². The number of aryl methyl sites for hydroxylation is 1. The largest absolute Gasteiger partial charge is 0.459 e. The molecule has 2 rings (SSSR count). The first kappa shape index (κ1) is 23.9. The van der Waals surface area contributed by atoms with Crippen LogP contribution >= 0.6 is 0 Å². The van der Waals surface area contributed by atoms with Crippen molar-refractivity contribution in [3.63, 3.8) is 0 Å². The first-order valence-corrected chi connectivity index (χ1v) is 10.6. The van der Waals surface area contributed by atoms with Gasteiger partial charge in [0, 0.05) is 20.0 Å². The molecule has 0 spiro atoms. The number of esters is 1. The van der Waals surface area contributed by atoms with Crippen molar-refractivity contribution in [1.82, 2.24) is 15.1 Å². The van der Waals surface area contributed by atoms with E-state index in [0.29, 0.717) is 13.0 Å². The summed E-state index contributed by atoms with van der Waals surface area (Å²) in [5.74, 6) is -0.807. The lowest BCUT2D eigenvalue weighted by atomic mass is 9.99. The van der Waals surface area contributed by atoms with Gasteiger partial charge in [0.25, 0.3) is 0 Å². The maximum absolute atomic E-state index is 13.4. The van der Waals surface area contributed by atoms with Crippen LogP contribution in [0.5, 0.6) is 0 Å². The number of nitrogens with one attached hydrogen (secondary N) is 1. The lowest BCUT2D eigenvalue weighted by molar-refractivity contribution is -0.159. The number of amides is 2. The number of ether oxygens (including phenoxy) is 1. The van der Waals surface area contributed by atoms with Gasteiger partial charge in [-0.05, 0) is 53.1 Å². The van der Waals surface area contributed by atoms with E-state index in [2.05, 4.69) is 5.32 Å². The molecule has 1 aromatic rings. The van der Waals surface area contributed by atoms with Crippen molar-refractivity contribution >= 4 is 17.8 Å². The normalized spacial score (nSPS) is 16.9. The minimum absolute atomic E-state index is 0.0696. The second-order valence-corrected chi connectivity index (χ2v) is 8.91. The van der Waals surface area contributed by atoms with Gasteiger partial charge in [-0.15, -0.1) is 0 Å². The molecule has 166 valence electrons. The van der Waals surface area contributed by atoms with Crippen LogP contribution in [0.25, 0.3) is 0 Å². The van der Waals surface area contributed by atoms with Gasteiger partial charge in [0.2, 0.25) is 11.8 Å². The van der Waals surface area contributed by atoms with Crippen LogP contribution in [0.1, 0.15) is 45.2 Å². The number of hydrogen-bond acceptors (Lipinski definition) is 5. The molecule has 0 bridgehead atoms. The Labute approximate surface area is 179 Å². The molecule has 1 aliphatic heterocycles. The molecule has 1 aromatic carbocycles. The lowest BCUT2D eigenvalue weighted by Gasteiger charge is -2.37. The molecule has 0 saturated carbocycles. The third kappa shape index (κ3) is 6.55. The molecule has 30 heavy (non-hydrogen) atoms. The van der Waals surface area contributed by atoms with Crippen LogP contribution in [-0.4, -0.2) is 72.0 Å². The van der Waals surface area contributed by atoms with Crippen LogP contribution in [0.3, 0.4) is 0 Å². The molecule has 0 aliphatic carbocycles. The summed E-state index contributed by atoms with van der Waals surface area (Å²) in [5.41, 5.74) is 1.48. The number of nitrogens with zero attached hydrogens (tertiary/aromatic N) is 2. The maximum Gasteiger partial charge on any atom is 0.326 e. The third-order valence-corrected chi connectivity index (χ3v) is 5.12. The fourth-order valence-corrected chi connectivity index (χ4v) is 3.41. The van der Waals surface area contributed by atoms with Gasteiger partial charge in [-0.25, -0.2) is 0 Å². The van der Waals surface area contributed by atoms with Crippen LogP contribution in [0.15, 0.2) is 24.3 Å². The Morgan fingerprint density at radius 2 is 1.80 bits per heavy atom. The van der Waals surface area contributed by atoms with Crippen molar-refractivity contribution in [2.45, 2.75) is 65.1 Å². The Balaban J connectivity index is 2.21. The molecule has 1 N–H and O–H groups in total. The van der Waals surface area contributed by atoms with E-state index in [1.54, 1.807) is 32.7 Å². The standard InChI is InChI=1S/C23H35N3O4/c1-7-26(21(28)18-12-13-24-18)19(14-17-10-8-16(2)9-11-17)22(29)25(6)15-20(27)30-23(3,4)5/h8-11,18-19,24H,7,12-15H2,1-6H3/t18-,19?/m0/s1. The average Bonchev–Trinajstić information content (AvgIpc) is 2.59. The Kier molecular flexibility index (Phi) is 8.01. The Morgan fingerprint density at radius 3 is 2.27 bits per heavy atom. The van der Waals surface area contributed by atoms with Gasteiger partial charge >= 0.3 is 5.97 Å². The lowest BCUT2D eigenvalue weighted by Crippen LogP contribution is -2.60. The SMILES string of the molecule is CCN(C(=O)[C@@H]1CCN1)C(Cc1ccc(C)cc1)C(=O)N(C)CC(=O)OC(C)(C)C. The summed E-state index contributed by atoms with van der Waals surface area (Å²) in [4.78, 5) is 41.5. The summed E-state index contributed by atoms with van der Waals surface area (Å²) in [5, 5.41) is 3.12. The van der Waals surface area contributed by atoms with E-state index in [0.717, 1.165) is 24.1 Å². The van der Waals surface area contributed by atoms with E-state index in [-0.39, 0.29) is 24.4 Å². The molecule has 7 nitrogen and oxygen atoms in total. The average molecular weight is 418 g/mol. The molecular formula is C23H35N3O4. The van der Waals surface area contributed by atoms with E-state index < -0.39 is 17.6 Å². The quantitative estimate of drug-likeness (QED) is 0.654. The predicted molar refractivity (Wildman–Crippen MR) is 116 cm³/mol. The smallest absolute Gasteiger partial charge is 0.326 e. The van der Waals surface area contributed by atoms with Crippen molar-refractivity contribution in [3.8, 4) is 0 Å². The summed E-state index contributed by atoms with van der Waals surface area (Å²) in [6.07, 6.45) is 1.17. The second kappa shape index (κ2) is 10.1. The minimum atomic E-state index is -0.681. The molecule has 0 radical (unpaired) electrons. The number of carbonyl (C=O) groups is 3. The zero-order valence-electron chi connectivity index (χ0n) is 19.0. The highest BCUT2D eigenvalue weighted by atomic mass is 16.6. The monoisotopic (exact) mass is 417 g/mol. The van der Waals surface area contributed by atoms with Crippen molar-refractivity contribution in [2.75, 3.05) is 26.7 Å². The van der Waals surface area contributed by atoms with Crippen LogP contribution in [0.2, 0.25) is 0 Å². The fourth-order valence-electron chi connectivity index (χ4n) is 3.41. The Bertz CT molecular complexity index is 751. The highest BCUT2D eigenvalue weighted by Crippen LogP contribution is 2.17. The van der Waals surface area contributed by atoms with Gasteiger partial charge in [-0.1, -0.05) is 29.8 Å². The zero-order chi connectivity index (χ0) is 22.5. The van der Waals surface area contributed by atoms with Gasteiger partial charge in [0.15, 0.2) is 0 Å². The van der Waals surface area contributed by atoms with E-state index in [1.807, 2.05) is 38.1 Å². The topological polar surface area (TPSA) is 79.0 Å². The fraction of sp³-hybridized carbons (Fsp3) is 0.609. The molecule has 1 unspecified atom stereocenters. The summed E-state index contributed by atoms with van der Waals surface area (Å²) >= 11 is 0. The summed E-state index contributed by atoms with van der Waals surface area (Å²) in [6.45, 7) is 10.3. The number of rotatable bonds is 8. The van der Waals surface area contributed by atoms with Gasteiger partial charge in [0.1, 0.15) is 18.2 Å². The van der Waals surface area contributed by atoms with Crippen molar-refractivity contribution in [1.29, 1.82) is 0 Å².